The van der Waals surface area contributed by atoms with Gasteiger partial charge in [0.25, 0.3) is 5.56 Å². The zero-order valence-electron chi connectivity index (χ0n) is 14.3. The van der Waals surface area contributed by atoms with Crippen LogP contribution in [-0.2, 0) is 17.9 Å². The fourth-order valence-corrected chi connectivity index (χ4v) is 2.68. The Labute approximate surface area is 145 Å². The van der Waals surface area contributed by atoms with Gasteiger partial charge in [-0.25, -0.2) is 4.68 Å². The monoisotopic (exact) mass is 336 g/mol. The lowest BCUT2D eigenvalue weighted by Gasteiger charge is -2.27. The standard InChI is InChI=1S/C19H20N4O2/c1-14(2)22(12-15-8-4-3-5-9-15)18(24)13-23-19(25)16-10-6-7-11-17(16)20-21-23/h3-11,14H,12-13H2,1-2H3. The molecule has 6 nitrogen and oxygen atoms in total. The largest absolute Gasteiger partial charge is 0.334 e. The Morgan fingerprint density at radius 3 is 2.48 bits per heavy atom. The van der Waals surface area contributed by atoms with Crippen molar-refractivity contribution in [2.24, 2.45) is 0 Å². The lowest BCUT2D eigenvalue weighted by Crippen LogP contribution is -2.41. The van der Waals surface area contributed by atoms with E-state index in [2.05, 4.69) is 10.3 Å². The number of hydrogen-bond acceptors (Lipinski definition) is 4. The summed E-state index contributed by atoms with van der Waals surface area (Å²) < 4.78 is 1.13. The van der Waals surface area contributed by atoms with Crippen molar-refractivity contribution in [3.05, 3.63) is 70.5 Å². The predicted octanol–water partition coefficient (Wildman–Crippen LogP) is 2.23. The molecule has 3 aromatic rings. The van der Waals surface area contributed by atoms with E-state index < -0.39 is 0 Å². The molecule has 0 aliphatic carbocycles. The summed E-state index contributed by atoms with van der Waals surface area (Å²) >= 11 is 0. The molecule has 0 atom stereocenters. The van der Waals surface area contributed by atoms with Gasteiger partial charge in [-0.15, -0.1) is 5.10 Å². The SMILES string of the molecule is CC(C)N(Cc1ccccc1)C(=O)Cn1nnc2ccccc2c1=O. The second-order valence-electron chi connectivity index (χ2n) is 6.17. The van der Waals surface area contributed by atoms with Gasteiger partial charge >= 0.3 is 0 Å². The first kappa shape index (κ1) is 16.8. The van der Waals surface area contributed by atoms with Gasteiger partial charge in [-0.1, -0.05) is 47.7 Å². The molecule has 0 saturated carbocycles. The highest BCUT2D eigenvalue weighted by Crippen LogP contribution is 2.09. The predicted molar refractivity (Wildman–Crippen MR) is 95.9 cm³/mol. The third-order valence-corrected chi connectivity index (χ3v) is 4.05. The van der Waals surface area contributed by atoms with Crippen LogP contribution in [0.2, 0.25) is 0 Å². The van der Waals surface area contributed by atoms with Crippen LogP contribution in [0.25, 0.3) is 10.9 Å². The minimum absolute atomic E-state index is 0.0109. The third kappa shape index (κ3) is 3.74. The van der Waals surface area contributed by atoms with E-state index in [0.717, 1.165) is 10.2 Å². The third-order valence-electron chi connectivity index (χ3n) is 4.05. The molecule has 6 heteroatoms. The molecule has 0 aliphatic rings. The topological polar surface area (TPSA) is 68.1 Å². The second kappa shape index (κ2) is 7.25. The average Bonchev–Trinajstić information content (AvgIpc) is 2.63. The molecule has 3 rings (SSSR count). The number of rotatable bonds is 5. The quantitative estimate of drug-likeness (QED) is 0.716. The van der Waals surface area contributed by atoms with Crippen molar-refractivity contribution in [1.82, 2.24) is 19.9 Å². The van der Waals surface area contributed by atoms with Gasteiger partial charge in [-0.3, -0.25) is 9.59 Å². The first-order valence-electron chi connectivity index (χ1n) is 8.22. The van der Waals surface area contributed by atoms with Gasteiger partial charge < -0.3 is 4.90 Å². The summed E-state index contributed by atoms with van der Waals surface area (Å²) in [6.07, 6.45) is 0. The molecule has 0 N–H and O–H groups in total. The Bertz CT molecular complexity index is 935. The molecule has 0 bridgehead atoms. The van der Waals surface area contributed by atoms with Crippen LogP contribution in [0.3, 0.4) is 0 Å². The molecule has 0 spiro atoms. The molecule has 1 amide bonds. The van der Waals surface area contributed by atoms with Crippen LogP contribution in [0, 0.1) is 0 Å². The zero-order chi connectivity index (χ0) is 17.8. The number of benzene rings is 2. The molecule has 128 valence electrons. The summed E-state index contributed by atoms with van der Waals surface area (Å²) in [5, 5.41) is 8.39. The van der Waals surface area contributed by atoms with Crippen molar-refractivity contribution in [3.8, 4) is 0 Å². The summed E-state index contributed by atoms with van der Waals surface area (Å²) in [5.41, 5.74) is 1.27. The number of aromatic nitrogens is 3. The molecule has 0 radical (unpaired) electrons. The highest BCUT2D eigenvalue weighted by Gasteiger charge is 2.19. The zero-order valence-corrected chi connectivity index (χ0v) is 14.3. The second-order valence-corrected chi connectivity index (χ2v) is 6.17. The smallest absolute Gasteiger partial charge is 0.278 e. The van der Waals surface area contributed by atoms with Crippen LogP contribution in [0.5, 0.6) is 0 Å². The van der Waals surface area contributed by atoms with Gasteiger partial charge in [0.05, 0.1) is 5.39 Å². The van der Waals surface area contributed by atoms with Crippen LogP contribution in [0.4, 0.5) is 0 Å². The first-order valence-corrected chi connectivity index (χ1v) is 8.22. The molecule has 0 aliphatic heterocycles. The Morgan fingerprint density at radius 1 is 1.08 bits per heavy atom. The lowest BCUT2D eigenvalue weighted by molar-refractivity contribution is -0.134. The van der Waals surface area contributed by atoms with Gasteiger partial charge in [0.1, 0.15) is 12.1 Å². The first-order chi connectivity index (χ1) is 12.1. The maximum absolute atomic E-state index is 12.7. The molecule has 0 unspecified atom stereocenters. The van der Waals surface area contributed by atoms with Crippen molar-refractivity contribution in [3.63, 3.8) is 0 Å². The molecular weight excluding hydrogens is 316 g/mol. The summed E-state index contributed by atoms with van der Waals surface area (Å²) in [6.45, 7) is 4.28. The van der Waals surface area contributed by atoms with Crippen molar-refractivity contribution in [2.45, 2.75) is 33.0 Å². The van der Waals surface area contributed by atoms with E-state index in [-0.39, 0.29) is 24.1 Å². The van der Waals surface area contributed by atoms with Gasteiger partial charge in [-0.05, 0) is 31.5 Å². The maximum atomic E-state index is 12.7. The fourth-order valence-electron chi connectivity index (χ4n) is 2.68. The normalized spacial score (nSPS) is 11.0. The van der Waals surface area contributed by atoms with Crippen molar-refractivity contribution >= 4 is 16.8 Å². The van der Waals surface area contributed by atoms with E-state index in [1.165, 1.54) is 0 Å². The highest BCUT2D eigenvalue weighted by atomic mass is 16.2. The summed E-state index contributed by atoms with van der Waals surface area (Å²) in [5.74, 6) is -0.162. The molecule has 0 saturated heterocycles. The van der Waals surface area contributed by atoms with E-state index >= 15 is 0 Å². The van der Waals surface area contributed by atoms with Crippen LogP contribution < -0.4 is 5.56 Å². The van der Waals surface area contributed by atoms with Gasteiger partial charge in [0.2, 0.25) is 5.91 Å². The highest BCUT2D eigenvalue weighted by molar-refractivity contribution is 5.78. The molecule has 0 fully saturated rings. The fraction of sp³-hybridized carbons (Fsp3) is 0.263. The van der Waals surface area contributed by atoms with Crippen LogP contribution in [-0.4, -0.2) is 31.8 Å². The molecule has 1 aromatic heterocycles. The van der Waals surface area contributed by atoms with E-state index in [0.29, 0.717) is 17.4 Å². The molecule has 1 heterocycles. The number of fused-ring (bicyclic) bond motifs is 1. The number of hydrogen-bond donors (Lipinski definition) is 0. The minimum Gasteiger partial charge on any atom is -0.334 e. The summed E-state index contributed by atoms with van der Waals surface area (Å²) in [4.78, 5) is 27.0. The minimum atomic E-state index is -0.303. The van der Waals surface area contributed by atoms with Gasteiger partial charge in [0.15, 0.2) is 0 Å². The van der Waals surface area contributed by atoms with Crippen molar-refractivity contribution < 1.29 is 4.79 Å². The van der Waals surface area contributed by atoms with E-state index in [1.54, 1.807) is 29.2 Å². The van der Waals surface area contributed by atoms with Crippen molar-refractivity contribution in [2.75, 3.05) is 0 Å². The summed E-state index contributed by atoms with van der Waals surface area (Å²) in [6, 6.07) is 16.8. The van der Waals surface area contributed by atoms with E-state index in [1.807, 2.05) is 44.2 Å². The lowest BCUT2D eigenvalue weighted by atomic mass is 10.2. The Balaban J connectivity index is 1.84. The maximum Gasteiger partial charge on any atom is 0.278 e. The molecule has 25 heavy (non-hydrogen) atoms. The Morgan fingerprint density at radius 2 is 1.76 bits per heavy atom. The van der Waals surface area contributed by atoms with E-state index in [4.69, 9.17) is 0 Å². The number of carbonyl (C=O) groups excluding carboxylic acids is 1. The Kier molecular flexibility index (Phi) is 4.88. The van der Waals surface area contributed by atoms with E-state index in [9.17, 15) is 9.59 Å². The van der Waals surface area contributed by atoms with Gasteiger partial charge in [0, 0.05) is 12.6 Å². The summed E-state index contributed by atoms with van der Waals surface area (Å²) in [7, 11) is 0. The number of amides is 1. The number of nitrogens with zero attached hydrogens (tertiary/aromatic N) is 4. The van der Waals surface area contributed by atoms with Crippen LogP contribution in [0.15, 0.2) is 59.4 Å². The number of carbonyl (C=O) groups is 1. The van der Waals surface area contributed by atoms with Crippen LogP contribution >= 0.6 is 0 Å². The molecule has 2 aromatic carbocycles. The Hall–Kier alpha value is -3.02. The van der Waals surface area contributed by atoms with Crippen molar-refractivity contribution in [1.29, 1.82) is 0 Å². The van der Waals surface area contributed by atoms with Crippen LogP contribution in [0.1, 0.15) is 19.4 Å². The van der Waals surface area contributed by atoms with Gasteiger partial charge in [-0.2, -0.15) is 0 Å². The molecular formula is C19H20N4O2. The average molecular weight is 336 g/mol.